The first-order chi connectivity index (χ1) is 11.6. The lowest BCUT2D eigenvalue weighted by Gasteiger charge is -2.35. The molecule has 25 heavy (non-hydrogen) atoms. The van der Waals surface area contributed by atoms with E-state index in [9.17, 15) is 24.3 Å². The number of hydrogen-bond acceptors (Lipinski definition) is 5. The summed E-state index contributed by atoms with van der Waals surface area (Å²) in [6.07, 6.45) is 1.14. The summed E-state index contributed by atoms with van der Waals surface area (Å²) in [5.41, 5.74) is -3.55. The Morgan fingerprint density at radius 3 is 1.36 bits per heavy atom. The van der Waals surface area contributed by atoms with Crippen LogP contribution in [0.15, 0.2) is 0 Å². The molecule has 0 fully saturated rings. The molecule has 0 aliphatic rings. The average molecular weight is 360 g/mol. The van der Waals surface area contributed by atoms with Gasteiger partial charge in [0, 0.05) is 0 Å². The van der Waals surface area contributed by atoms with Crippen LogP contribution in [0.1, 0.15) is 72.1 Å². The van der Waals surface area contributed by atoms with Crippen LogP contribution in [-0.4, -0.2) is 44.8 Å². The van der Waals surface area contributed by atoms with Gasteiger partial charge in [-0.05, 0) is 19.3 Å². The van der Waals surface area contributed by atoms with Crippen molar-refractivity contribution >= 4 is 23.9 Å². The van der Waals surface area contributed by atoms with Gasteiger partial charge in [0.15, 0.2) is 0 Å². The van der Waals surface area contributed by atoms with E-state index in [1.54, 1.807) is 0 Å². The molecule has 0 spiro atoms. The number of hydrogen-bond donors (Lipinski definition) is 3. The molecule has 0 aromatic heterocycles. The molecule has 3 N–H and O–H groups in total. The van der Waals surface area contributed by atoms with Gasteiger partial charge in [-0.2, -0.15) is 0 Å². The predicted molar refractivity (Wildman–Crippen MR) is 88.1 cm³/mol. The molecule has 0 unspecified atom stereocenters. The van der Waals surface area contributed by atoms with Crippen molar-refractivity contribution in [3.63, 3.8) is 0 Å². The Labute approximate surface area is 147 Å². The molecule has 0 saturated carbocycles. The van der Waals surface area contributed by atoms with Gasteiger partial charge < -0.3 is 20.1 Å². The monoisotopic (exact) mass is 360 g/mol. The molecule has 8 nitrogen and oxygen atoms in total. The zero-order valence-corrected chi connectivity index (χ0v) is 15.0. The van der Waals surface area contributed by atoms with E-state index in [2.05, 4.69) is 0 Å². The maximum Gasteiger partial charge on any atom is 0.349 e. The normalized spacial score (nSPS) is 11.8. The van der Waals surface area contributed by atoms with E-state index in [0.717, 1.165) is 0 Å². The molecule has 0 bridgehead atoms. The summed E-state index contributed by atoms with van der Waals surface area (Å²) in [7, 11) is 0. The predicted octanol–water partition coefficient (Wildman–Crippen LogP) is 2.69. The lowest BCUT2D eigenvalue weighted by molar-refractivity contribution is -0.193. The van der Waals surface area contributed by atoms with Crippen molar-refractivity contribution in [2.75, 3.05) is 0 Å². The van der Waals surface area contributed by atoms with E-state index in [1.807, 2.05) is 20.8 Å². The van der Waals surface area contributed by atoms with E-state index in [0.29, 0.717) is 38.5 Å². The minimum absolute atomic E-state index is 0.462. The van der Waals surface area contributed by atoms with Crippen molar-refractivity contribution in [2.24, 2.45) is 5.41 Å². The number of rotatable bonds is 13. The van der Waals surface area contributed by atoms with Crippen LogP contribution < -0.4 is 0 Å². The number of ether oxygens (including phenoxy) is 1. The molecule has 0 aliphatic carbocycles. The summed E-state index contributed by atoms with van der Waals surface area (Å²) >= 11 is 0. The van der Waals surface area contributed by atoms with Crippen molar-refractivity contribution in [1.29, 1.82) is 0 Å². The number of carboxylic acids is 3. The summed E-state index contributed by atoms with van der Waals surface area (Å²) < 4.78 is 5.14. The number of carbonyl (C=O) groups excluding carboxylic acids is 1. The fourth-order valence-electron chi connectivity index (χ4n) is 3.22. The van der Waals surface area contributed by atoms with Crippen LogP contribution in [-0.2, 0) is 23.9 Å². The minimum atomic E-state index is -2.62. The Balaban J connectivity index is 5.89. The van der Waals surface area contributed by atoms with Crippen LogP contribution >= 0.6 is 0 Å². The third kappa shape index (κ3) is 6.36. The van der Waals surface area contributed by atoms with Gasteiger partial charge in [0.1, 0.15) is 0 Å². The second kappa shape index (κ2) is 10.0. The highest BCUT2D eigenvalue weighted by Crippen LogP contribution is 2.39. The Kier molecular flexibility index (Phi) is 9.16. The third-order valence-electron chi connectivity index (χ3n) is 4.17. The van der Waals surface area contributed by atoms with Crippen molar-refractivity contribution in [2.45, 2.75) is 77.7 Å². The van der Waals surface area contributed by atoms with Crippen LogP contribution in [0.25, 0.3) is 0 Å². The van der Waals surface area contributed by atoms with Gasteiger partial charge in [0.25, 0.3) is 0 Å². The molecule has 0 heterocycles. The van der Waals surface area contributed by atoms with Crippen LogP contribution in [0.2, 0.25) is 0 Å². The Hall–Kier alpha value is -2.12. The van der Waals surface area contributed by atoms with Crippen LogP contribution in [0.5, 0.6) is 0 Å². The molecule has 144 valence electrons. The largest absolute Gasteiger partial charge is 0.481 e. The molecular weight excluding hydrogens is 332 g/mol. The standard InChI is InChI=1S/C17H28O8/c1-4-7-16(8-5-2,9-6-3)15(24)25-17(14(22)23,10-12(18)19)11-13(20)21/h4-11H2,1-3H3,(H,18,19)(H,20,21)(H,22,23). The first kappa shape index (κ1) is 22.9. The number of esters is 1. The van der Waals surface area contributed by atoms with Gasteiger partial charge in [-0.1, -0.05) is 40.0 Å². The molecule has 0 aliphatic heterocycles. The topological polar surface area (TPSA) is 138 Å². The Morgan fingerprint density at radius 1 is 0.760 bits per heavy atom. The first-order valence-electron chi connectivity index (χ1n) is 8.49. The SMILES string of the molecule is CCCC(CCC)(CCC)C(=O)OC(CC(=O)O)(CC(=O)O)C(=O)O. The van der Waals surface area contributed by atoms with Gasteiger partial charge in [-0.15, -0.1) is 0 Å². The second-order valence-corrected chi connectivity index (χ2v) is 6.36. The maximum absolute atomic E-state index is 12.8. The van der Waals surface area contributed by atoms with Crippen LogP contribution in [0.4, 0.5) is 0 Å². The molecule has 0 atom stereocenters. The summed E-state index contributed by atoms with van der Waals surface area (Å²) in [5.74, 6) is -5.71. The fraction of sp³-hybridized carbons (Fsp3) is 0.765. The quantitative estimate of drug-likeness (QED) is 0.426. The molecular formula is C17H28O8. The van der Waals surface area contributed by atoms with Gasteiger partial charge in [0.2, 0.25) is 5.60 Å². The molecule has 0 radical (unpaired) electrons. The molecule has 8 heteroatoms. The summed E-state index contributed by atoms with van der Waals surface area (Å²) in [6.45, 7) is 5.64. The molecule has 0 aromatic rings. The smallest absolute Gasteiger partial charge is 0.349 e. The van der Waals surface area contributed by atoms with Gasteiger partial charge in [-0.3, -0.25) is 14.4 Å². The zero-order chi connectivity index (χ0) is 19.7. The van der Waals surface area contributed by atoms with E-state index < -0.39 is 47.7 Å². The van der Waals surface area contributed by atoms with E-state index in [-0.39, 0.29) is 0 Å². The molecule has 0 aromatic carbocycles. The average Bonchev–Trinajstić information content (AvgIpc) is 2.46. The van der Waals surface area contributed by atoms with Crippen molar-refractivity contribution in [3.05, 3.63) is 0 Å². The highest BCUT2D eigenvalue weighted by atomic mass is 16.6. The fourth-order valence-corrected chi connectivity index (χ4v) is 3.22. The summed E-state index contributed by atoms with van der Waals surface area (Å²) in [4.78, 5) is 46.6. The van der Waals surface area contributed by atoms with Gasteiger partial charge in [-0.25, -0.2) is 4.79 Å². The van der Waals surface area contributed by atoms with E-state index in [4.69, 9.17) is 14.9 Å². The van der Waals surface area contributed by atoms with Crippen molar-refractivity contribution in [3.8, 4) is 0 Å². The van der Waals surface area contributed by atoms with Crippen LogP contribution in [0.3, 0.4) is 0 Å². The first-order valence-corrected chi connectivity index (χ1v) is 8.49. The minimum Gasteiger partial charge on any atom is -0.481 e. The van der Waals surface area contributed by atoms with Crippen molar-refractivity contribution < 1.29 is 39.2 Å². The molecule has 0 saturated heterocycles. The zero-order valence-electron chi connectivity index (χ0n) is 15.0. The Bertz CT molecular complexity index is 464. The lowest BCUT2D eigenvalue weighted by atomic mass is 9.75. The van der Waals surface area contributed by atoms with Gasteiger partial charge >= 0.3 is 23.9 Å². The van der Waals surface area contributed by atoms with Gasteiger partial charge in [0.05, 0.1) is 18.3 Å². The third-order valence-corrected chi connectivity index (χ3v) is 4.17. The van der Waals surface area contributed by atoms with E-state index >= 15 is 0 Å². The summed E-state index contributed by atoms with van der Waals surface area (Å²) in [6, 6.07) is 0. The number of carbonyl (C=O) groups is 4. The lowest BCUT2D eigenvalue weighted by Crippen LogP contribution is -2.50. The molecule has 0 amide bonds. The second-order valence-electron chi connectivity index (χ2n) is 6.36. The van der Waals surface area contributed by atoms with E-state index in [1.165, 1.54) is 0 Å². The summed E-state index contributed by atoms with van der Waals surface area (Å²) in [5, 5.41) is 27.4. The highest BCUT2D eigenvalue weighted by Gasteiger charge is 2.50. The highest BCUT2D eigenvalue weighted by molar-refractivity contribution is 5.91. The molecule has 0 rings (SSSR count). The van der Waals surface area contributed by atoms with Crippen molar-refractivity contribution in [1.82, 2.24) is 0 Å². The van der Waals surface area contributed by atoms with Crippen LogP contribution in [0, 0.1) is 5.41 Å². The Morgan fingerprint density at radius 2 is 1.12 bits per heavy atom. The number of carboxylic acid groups (broad SMARTS) is 3. The maximum atomic E-state index is 12.8. The number of aliphatic carboxylic acids is 3.